The van der Waals surface area contributed by atoms with Gasteiger partial charge in [0.1, 0.15) is 10.6 Å². The van der Waals surface area contributed by atoms with Gasteiger partial charge >= 0.3 is 0 Å². The summed E-state index contributed by atoms with van der Waals surface area (Å²) in [5, 5.41) is 0.961. The van der Waals surface area contributed by atoms with Crippen LogP contribution in [0.5, 0.6) is 10.9 Å². The largest absolute Gasteiger partial charge is 0.428 e. The van der Waals surface area contributed by atoms with Crippen LogP contribution in [0.2, 0.25) is 5.02 Å². The molecule has 26 heavy (non-hydrogen) atoms. The lowest BCUT2D eigenvalue weighted by Gasteiger charge is -2.23. The lowest BCUT2D eigenvalue weighted by Crippen LogP contribution is -2.28. The predicted molar refractivity (Wildman–Crippen MR) is 107 cm³/mol. The molecule has 0 amide bonds. The van der Waals surface area contributed by atoms with E-state index in [0.29, 0.717) is 21.8 Å². The van der Waals surface area contributed by atoms with Gasteiger partial charge in [0, 0.05) is 24.6 Å². The van der Waals surface area contributed by atoms with Gasteiger partial charge in [0.05, 0.1) is 17.0 Å². The maximum atomic E-state index is 6.40. The average molecular weight is 411 g/mol. The number of halogens is 2. The van der Waals surface area contributed by atoms with Crippen LogP contribution in [0.15, 0.2) is 17.1 Å². The van der Waals surface area contributed by atoms with Crippen molar-refractivity contribution < 1.29 is 4.74 Å². The Hall–Kier alpha value is -1.37. The van der Waals surface area contributed by atoms with Gasteiger partial charge < -0.3 is 9.64 Å². The molecule has 138 valence electrons. The van der Waals surface area contributed by atoms with E-state index in [9.17, 15) is 0 Å². The number of ether oxygens (including phenoxy) is 1. The Labute approximate surface area is 167 Å². The van der Waals surface area contributed by atoms with Gasteiger partial charge in [-0.2, -0.15) is 9.36 Å². The normalized spacial score (nSPS) is 19.1. The van der Waals surface area contributed by atoms with Gasteiger partial charge in [0.25, 0.3) is 5.19 Å². The monoisotopic (exact) mass is 410 g/mol. The highest BCUT2D eigenvalue weighted by molar-refractivity contribution is 7.07. The van der Waals surface area contributed by atoms with Crippen molar-refractivity contribution >= 4 is 46.8 Å². The molecule has 0 radical (unpaired) electrons. The first-order chi connectivity index (χ1) is 12.5. The number of piperidine rings is 1. The van der Waals surface area contributed by atoms with E-state index >= 15 is 0 Å². The zero-order chi connectivity index (χ0) is 18.1. The molecule has 2 aromatic rings. The van der Waals surface area contributed by atoms with Crippen molar-refractivity contribution in [1.82, 2.24) is 14.3 Å². The van der Waals surface area contributed by atoms with Crippen molar-refractivity contribution in [2.75, 3.05) is 13.1 Å². The summed E-state index contributed by atoms with van der Waals surface area (Å²) >= 11 is 13.9. The Morgan fingerprint density at radius 2 is 2.04 bits per heavy atom. The third-order valence-electron chi connectivity index (χ3n) is 4.70. The second-order valence-corrected chi connectivity index (χ2v) is 8.71. The zero-order valence-electron chi connectivity index (χ0n) is 14.5. The number of nitrogens with zero attached hydrogens (tertiary/aromatic N) is 4. The van der Waals surface area contributed by atoms with E-state index in [1.807, 2.05) is 25.4 Å². The fourth-order valence-electron chi connectivity index (χ4n) is 2.90. The minimum atomic E-state index is -0.384. The summed E-state index contributed by atoms with van der Waals surface area (Å²) in [7, 11) is 0. The van der Waals surface area contributed by atoms with Crippen LogP contribution in [-0.4, -0.2) is 33.7 Å². The Morgan fingerprint density at radius 3 is 2.77 bits per heavy atom. The number of aromatic nitrogens is 2. The van der Waals surface area contributed by atoms with Gasteiger partial charge in [-0.15, -0.1) is 11.6 Å². The molecule has 1 saturated heterocycles. The summed E-state index contributed by atoms with van der Waals surface area (Å²) in [4.78, 5) is 10.9. The second kappa shape index (κ2) is 7.33. The Bertz CT molecular complexity index is 829. The molecule has 0 unspecified atom stereocenters. The Balaban J connectivity index is 1.48. The van der Waals surface area contributed by atoms with Gasteiger partial charge in [-0.3, -0.25) is 0 Å². The molecule has 2 fully saturated rings. The van der Waals surface area contributed by atoms with Crippen molar-refractivity contribution in [3.8, 4) is 10.9 Å². The molecule has 5 nitrogen and oxygen atoms in total. The minimum absolute atomic E-state index is 0.384. The van der Waals surface area contributed by atoms with Crippen LogP contribution in [0, 0.1) is 6.92 Å². The number of hydrogen-bond donors (Lipinski definition) is 0. The van der Waals surface area contributed by atoms with Crippen molar-refractivity contribution in [3.05, 3.63) is 28.5 Å². The van der Waals surface area contributed by atoms with Crippen LogP contribution in [-0.2, 0) is 4.87 Å². The molecule has 1 saturated carbocycles. The number of hydrogen-bond acceptors (Lipinski definition) is 5. The van der Waals surface area contributed by atoms with Gasteiger partial charge in [0.15, 0.2) is 5.82 Å². The maximum absolute atomic E-state index is 6.40. The molecule has 8 heteroatoms. The molecule has 2 heterocycles. The highest BCUT2D eigenvalue weighted by Crippen LogP contribution is 2.51. The van der Waals surface area contributed by atoms with E-state index in [-0.39, 0.29) is 4.87 Å². The first-order valence-corrected chi connectivity index (χ1v) is 10.4. The Kier molecular flexibility index (Phi) is 5.08. The summed E-state index contributed by atoms with van der Waals surface area (Å²) < 4.78 is 10.1. The van der Waals surface area contributed by atoms with E-state index in [1.54, 1.807) is 0 Å². The SMILES string of the molecule is Cc1cc(Oc2nc(C3(Cl)CC3)ns2)c(Cl)cc1N=CN1CCCCC1. The minimum Gasteiger partial charge on any atom is -0.428 e. The third kappa shape index (κ3) is 3.97. The summed E-state index contributed by atoms with van der Waals surface area (Å²) in [6, 6.07) is 3.72. The highest BCUT2D eigenvalue weighted by Gasteiger charge is 2.46. The molecule has 1 aromatic heterocycles. The maximum Gasteiger partial charge on any atom is 0.298 e. The van der Waals surface area contributed by atoms with Gasteiger partial charge in [-0.1, -0.05) is 11.6 Å². The van der Waals surface area contributed by atoms with Crippen LogP contribution < -0.4 is 4.74 Å². The number of benzene rings is 1. The fourth-order valence-corrected chi connectivity index (χ4v) is 3.96. The molecule has 4 rings (SSSR count). The molecule has 0 bridgehead atoms. The molecule has 0 N–H and O–H groups in total. The molecule has 1 aliphatic carbocycles. The van der Waals surface area contributed by atoms with Crippen LogP contribution in [0.3, 0.4) is 0 Å². The van der Waals surface area contributed by atoms with Gasteiger partial charge in [-0.05, 0) is 56.7 Å². The quantitative estimate of drug-likeness (QED) is 0.362. The van der Waals surface area contributed by atoms with Crippen LogP contribution in [0.25, 0.3) is 0 Å². The molecule has 0 spiro atoms. The van der Waals surface area contributed by atoms with Gasteiger partial charge in [0.2, 0.25) is 0 Å². The van der Waals surface area contributed by atoms with E-state index in [1.165, 1.54) is 30.8 Å². The van der Waals surface area contributed by atoms with Crippen LogP contribution in [0.1, 0.15) is 43.5 Å². The van der Waals surface area contributed by atoms with E-state index < -0.39 is 0 Å². The topological polar surface area (TPSA) is 50.6 Å². The predicted octanol–water partition coefficient (Wildman–Crippen LogP) is 5.67. The highest BCUT2D eigenvalue weighted by atomic mass is 35.5. The van der Waals surface area contributed by atoms with E-state index in [4.69, 9.17) is 27.9 Å². The molecule has 2 aliphatic rings. The summed E-state index contributed by atoms with van der Waals surface area (Å²) in [6.07, 6.45) is 7.50. The molecule has 1 aromatic carbocycles. The molecular formula is C18H20Cl2N4OS. The second-order valence-electron chi connectivity index (χ2n) is 6.86. The smallest absolute Gasteiger partial charge is 0.298 e. The summed E-state index contributed by atoms with van der Waals surface area (Å²) in [5.41, 5.74) is 1.85. The van der Waals surface area contributed by atoms with Crippen LogP contribution in [0.4, 0.5) is 5.69 Å². The Morgan fingerprint density at radius 1 is 1.27 bits per heavy atom. The van der Waals surface area contributed by atoms with Gasteiger partial charge in [-0.25, -0.2) is 4.99 Å². The zero-order valence-corrected chi connectivity index (χ0v) is 16.9. The number of alkyl halides is 1. The van der Waals surface area contributed by atoms with Crippen LogP contribution >= 0.6 is 34.7 Å². The lowest BCUT2D eigenvalue weighted by molar-refractivity contribution is 0.351. The van der Waals surface area contributed by atoms with E-state index in [2.05, 4.69) is 19.2 Å². The van der Waals surface area contributed by atoms with Crippen molar-refractivity contribution in [3.63, 3.8) is 0 Å². The fraction of sp³-hybridized carbons (Fsp3) is 0.500. The number of rotatable bonds is 5. The summed E-state index contributed by atoms with van der Waals surface area (Å²) in [5.74, 6) is 1.21. The number of likely N-dealkylation sites (tertiary alicyclic amines) is 1. The molecular weight excluding hydrogens is 391 g/mol. The number of aryl methyl sites for hydroxylation is 1. The van der Waals surface area contributed by atoms with Crippen molar-refractivity contribution in [2.24, 2.45) is 4.99 Å². The molecule has 0 atom stereocenters. The average Bonchev–Trinajstić information content (AvgIpc) is 3.21. The van der Waals surface area contributed by atoms with Crippen molar-refractivity contribution in [1.29, 1.82) is 0 Å². The molecule has 1 aliphatic heterocycles. The van der Waals surface area contributed by atoms with Crippen molar-refractivity contribution in [2.45, 2.75) is 43.9 Å². The summed E-state index contributed by atoms with van der Waals surface area (Å²) in [6.45, 7) is 4.13. The standard InChI is InChI=1S/C18H20Cl2N4OS/c1-12-9-15(25-17-22-16(23-26-17)18(20)5-6-18)13(19)10-14(12)21-11-24-7-3-2-4-8-24/h9-11H,2-8H2,1H3. The first kappa shape index (κ1) is 18.0. The van der Waals surface area contributed by atoms with E-state index in [0.717, 1.165) is 37.2 Å². The third-order valence-corrected chi connectivity index (χ3v) is 6.13. The number of aliphatic imine (C=N–C) groups is 1. The first-order valence-electron chi connectivity index (χ1n) is 8.83. The lowest BCUT2D eigenvalue weighted by atomic mass is 10.1.